The highest BCUT2D eigenvalue weighted by molar-refractivity contribution is 6.57. The number of hydrogen-bond acceptors (Lipinski definition) is 4. The summed E-state index contributed by atoms with van der Waals surface area (Å²) in [5, 5.41) is 29.3. The molecule has 0 amide bonds. The van der Waals surface area contributed by atoms with Crippen molar-refractivity contribution in [1.82, 2.24) is 0 Å². The van der Waals surface area contributed by atoms with Crippen molar-refractivity contribution in [3.8, 4) is 18.3 Å². The fourth-order valence-electron chi connectivity index (χ4n) is 8.98. The van der Waals surface area contributed by atoms with Crippen LogP contribution in [0.2, 0.25) is 0 Å². The minimum atomic E-state index is -4.55. The van der Waals surface area contributed by atoms with Gasteiger partial charge in [-0.2, -0.15) is 47.1 Å². The van der Waals surface area contributed by atoms with E-state index in [4.69, 9.17) is 0 Å². The van der Waals surface area contributed by atoms with Gasteiger partial charge in [-0.15, -0.1) is 0 Å². The third-order valence-electron chi connectivity index (χ3n) is 12.4. The molecular formula is C47H32F6N4. The molecule has 8 rings (SSSR count). The lowest BCUT2D eigenvalue weighted by atomic mass is 9.60. The highest BCUT2D eigenvalue weighted by Crippen LogP contribution is 2.63. The van der Waals surface area contributed by atoms with Crippen LogP contribution in [0.5, 0.6) is 0 Å². The molecule has 282 valence electrons. The minimum Gasteiger partial charge on any atom is -0.192 e. The van der Waals surface area contributed by atoms with Crippen molar-refractivity contribution < 1.29 is 26.3 Å². The SMILES string of the molecule is CC1(c2ccc3c4c2C(C)(c2ccc(C(F)(F)F)cc2)CC=C4C2=C(c4ccc(C#N)cc4)C(=NC#N)C(c4ccc(C#N)cc4)=C23)C=CC(C)(C(F)(F)F)CC1. The van der Waals surface area contributed by atoms with Crippen molar-refractivity contribution in [3.05, 3.63) is 164 Å². The lowest BCUT2D eigenvalue weighted by molar-refractivity contribution is -0.204. The second-order valence-corrected chi connectivity index (χ2v) is 15.7. The number of halogens is 6. The van der Waals surface area contributed by atoms with Gasteiger partial charge >= 0.3 is 12.4 Å². The van der Waals surface area contributed by atoms with Gasteiger partial charge in [0.25, 0.3) is 0 Å². The van der Waals surface area contributed by atoms with Gasteiger partial charge in [-0.05, 0) is 107 Å². The van der Waals surface area contributed by atoms with E-state index in [0.29, 0.717) is 51.1 Å². The molecule has 3 atom stereocenters. The van der Waals surface area contributed by atoms with Gasteiger partial charge in [0.05, 0.1) is 40.0 Å². The van der Waals surface area contributed by atoms with Crippen LogP contribution in [-0.2, 0) is 17.0 Å². The van der Waals surface area contributed by atoms with Crippen LogP contribution in [0.1, 0.15) is 95.7 Å². The van der Waals surface area contributed by atoms with Gasteiger partial charge < -0.3 is 0 Å². The Balaban J connectivity index is 1.46. The summed E-state index contributed by atoms with van der Waals surface area (Å²) in [4.78, 5) is 4.38. The lowest BCUT2D eigenvalue weighted by Crippen LogP contribution is -2.40. The van der Waals surface area contributed by atoms with Gasteiger partial charge in [0, 0.05) is 33.1 Å². The minimum absolute atomic E-state index is 0.157. The Morgan fingerprint density at radius 2 is 1.23 bits per heavy atom. The van der Waals surface area contributed by atoms with Crippen LogP contribution in [0.25, 0.3) is 22.3 Å². The summed E-state index contributed by atoms with van der Waals surface area (Å²) in [5.41, 5.74) is 5.53. The predicted octanol–water partition coefficient (Wildman–Crippen LogP) is 12.0. The first-order chi connectivity index (χ1) is 27.0. The van der Waals surface area contributed by atoms with Crippen molar-refractivity contribution in [2.75, 3.05) is 0 Å². The van der Waals surface area contributed by atoms with Crippen LogP contribution >= 0.6 is 0 Å². The number of alkyl halides is 6. The van der Waals surface area contributed by atoms with E-state index in [1.807, 2.05) is 32.2 Å². The Hall–Kier alpha value is -6.44. The molecule has 0 bridgehead atoms. The Labute approximate surface area is 325 Å². The Morgan fingerprint density at radius 1 is 0.649 bits per heavy atom. The molecule has 0 N–H and O–H groups in total. The quantitative estimate of drug-likeness (QED) is 0.118. The van der Waals surface area contributed by atoms with Crippen molar-refractivity contribution in [3.63, 3.8) is 0 Å². The number of rotatable bonds is 4. The molecule has 0 saturated heterocycles. The summed E-state index contributed by atoms with van der Waals surface area (Å²) in [5.74, 6) is 0. The molecule has 4 aliphatic carbocycles. The smallest absolute Gasteiger partial charge is 0.192 e. The number of hydrogen-bond donors (Lipinski definition) is 0. The molecule has 57 heavy (non-hydrogen) atoms. The number of allylic oxidation sites excluding steroid dienone is 8. The maximum Gasteiger partial charge on any atom is 0.416 e. The number of benzene rings is 4. The molecule has 3 unspecified atom stereocenters. The van der Waals surface area contributed by atoms with E-state index < -0.39 is 34.2 Å². The van der Waals surface area contributed by atoms with Crippen LogP contribution in [0.4, 0.5) is 26.3 Å². The summed E-state index contributed by atoms with van der Waals surface area (Å²) in [6.45, 7) is 5.08. The second kappa shape index (κ2) is 12.8. The van der Waals surface area contributed by atoms with Crippen molar-refractivity contribution in [2.45, 2.75) is 63.2 Å². The van der Waals surface area contributed by atoms with Crippen molar-refractivity contribution >= 4 is 28.0 Å². The molecule has 0 radical (unpaired) electrons. The Kier molecular flexibility index (Phi) is 8.42. The summed E-state index contributed by atoms with van der Waals surface area (Å²) in [7, 11) is 0. The van der Waals surface area contributed by atoms with Crippen molar-refractivity contribution in [1.29, 1.82) is 15.8 Å². The third kappa shape index (κ3) is 5.67. The van der Waals surface area contributed by atoms with Crippen LogP contribution in [-0.4, -0.2) is 11.9 Å². The number of nitrogens with zero attached hydrogens (tertiary/aromatic N) is 4. The Bertz CT molecular complexity index is 2670. The van der Waals surface area contributed by atoms with Crippen LogP contribution in [0.15, 0.2) is 114 Å². The predicted molar refractivity (Wildman–Crippen MR) is 206 cm³/mol. The maximum atomic E-state index is 14.3. The molecule has 0 aromatic heterocycles. The zero-order valence-electron chi connectivity index (χ0n) is 31.0. The molecule has 0 fully saturated rings. The fraction of sp³-hybridized carbons (Fsp3) is 0.234. The largest absolute Gasteiger partial charge is 0.416 e. The number of nitriles is 3. The fourth-order valence-corrected chi connectivity index (χ4v) is 8.98. The molecule has 0 spiro atoms. The Morgan fingerprint density at radius 3 is 1.72 bits per heavy atom. The summed E-state index contributed by atoms with van der Waals surface area (Å²) < 4.78 is 84.2. The zero-order chi connectivity index (χ0) is 40.7. The van der Waals surface area contributed by atoms with Gasteiger partial charge in [-0.1, -0.05) is 80.6 Å². The highest BCUT2D eigenvalue weighted by atomic mass is 19.4. The van der Waals surface area contributed by atoms with E-state index in [1.54, 1.807) is 54.6 Å². The molecule has 4 nitrogen and oxygen atoms in total. The van der Waals surface area contributed by atoms with Crippen molar-refractivity contribution in [2.24, 2.45) is 10.4 Å². The van der Waals surface area contributed by atoms with Gasteiger partial charge in [0.1, 0.15) is 0 Å². The van der Waals surface area contributed by atoms with Gasteiger partial charge in [0.15, 0.2) is 0 Å². The van der Waals surface area contributed by atoms with E-state index in [9.17, 15) is 42.1 Å². The van der Waals surface area contributed by atoms with Gasteiger partial charge in [0.2, 0.25) is 6.19 Å². The maximum absolute atomic E-state index is 14.3. The summed E-state index contributed by atoms with van der Waals surface area (Å²) >= 11 is 0. The standard InChI is InChI=1S/C47H32F6N4/c1-43(20-22-44(2,23-21-43)47(51,52)53)35-17-16-33-38-34(18-19-45(3,41(35)38)31-12-14-32(15-13-31)46(48,49)50)40-37(30-10-6-28(25-55)7-11-30)42(57-26-56)36(39(33)40)29-8-4-27(24-54)5-9-29/h4-18,20,22H,19,21,23H2,1-3H3. The normalized spacial score (nSPS) is 24.5. The molecule has 10 heteroatoms. The van der Waals surface area contributed by atoms with Crippen LogP contribution in [0, 0.1) is 39.5 Å². The molecule has 0 heterocycles. The molecule has 0 saturated carbocycles. The molecule has 4 aromatic carbocycles. The van der Waals surface area contributed by atoms with E-state index in [0.717, 1.165) is 51.1 Å². The molecule has 0 aliphatic heterocycles. The van der Waals surface area contributed by atoms with E-state index in [2.05, 4.69) is 23.2 Å². The highest BCUT2D eigenvalue weighted by Gasteiger charge is 2.53. The first-order valence-corrected chi connectivity index (χ1v) is 18.3. The third-order valence-corrected chi connectivity index (χ3v) is 12.4. The topological polar surface area (TPSA) is 83.7 Å². The van der Waals surface area contributed by atoms with Gasteiger partial charge in [-0.25, -0.2) is 0 Å². The van der Waals surface area contributed by atoms with E-state index in [-0.39, 0.29) is 12.8 Å². The lowest BCUT2D eigenvalue weighted by Gasteiger charge is -2.44. The molecule has 4 aliphatic rings. The van der Waals surface area contributed by atoms with E-state index >= 15 is 0 Å². The monoisotopic (exact) mass is 766 g/mol. The first kappa shape index (κ1) is 37.5. The van der Waals surface area contributed by atoms with Gasteiger partial charge in [-0.3, -0.25) is 0 Å². The average Bonchev–Trinajstić information content (AvgIpc) is 3.69. The number of aliphatic imine (C=N–C) groups is 1. The van der Waals surface area contributed by atoms with E-state index in [1.165, 1.54) is 25.1 Å². The molecular weight excluding hydrogens is 735 g/mol. The first-order valence-electron chi connectivity index (χ1n) is 18.3. The average molecular weight is 767 g/mol. The molecule has 4 aromatic rings. The summed E-state index contributed by atoms with van der Waals surface area (Å²) in [6.07, 6.45) is -1.72. The van der Waals surface area contributed by atoms with Crippen LogP contribution in [0.3, 0.4) is 0 Å². The second-order valence-electron chi connectivity index (χ2n) is 15.7. The number of fused-ring (bicyclic) bond motifs is 3. The summed E-state index contributed by atoms with van der Waals surface area (Å²) in [6, 6.07) is 27.2. The zero-order valence-corrected chi connectivity index (χ0v) is 31.0. The van der Waals surface area contributed by atoms with Crippen LogP contribution < -0.4 is 0 Å².